The van der Waals surface area contributed by atoms with E-state index in [4.69, 9.17) is 9.84 Å². The molecular formula is C17H26N2O3. The summed E-state index contributed by atoms with van der Waals surface area (Å²) in [6.07, 6.45) is 2.04. The molecule has 1 aromatic carbocycles. The summed E-state index contributed by atoms with van der Waals surface area (Å²) in [4.78, 5) is 12.9. The predicted molar refractivity (Wildman–Crippen MR) is 86.3 cm³/mol. The van der Waals surface area contributed by atoms with Gasteiger partial charge in [-0.05, 0) is 43.5 Å². The molecule has 0 aromatic heterocycles. The van der Waals surface area contributed by atoms with Gasteiger partial charge in [-0.1, -0.05) is 19.1 Å². The number of benzene rings is 1. The van der Waals surface area contributed by atoms with Crippen molar-refractivity contribution in [3.8, 4) is 5.75 Å². The SMILES string of the molecule is CCN(CC(=O)O)C1CC(NCc2ccc(C)c(OC)c2)C1. The molecule has 0 radical (unpaired) electrons. The molecule has 1 aromatic rings. The zero-order chi connectivity index (χ0) is 16.1. The van der Waals surface area contributed by atoms with Gasteiger partial charge in [0.15, 0.2) is 0 Å². The Morgan fingerprint density at radius 1 is 1.45 bits per heavy atom. The van der Waals surface area contributed by atoms with E-state index in [9.17, 15) is 4.79 Å². The van der Waals surface area contributed by atoms with Crippen LogP contribution in [0.2, 0.25) is 0 Å². The Morgan fingerprint density at radius 2 is 2.18 bits per heavy atom. The van der Waals surface area contributed by atoms with E-state index in [2.05, 4.69) is 23.5 Å². The monoisotopic (exact) mass is 306 g/mol. The Morgan fingerprint density at radius 3 is 2.77 bits per heavy atom. The fourth-order valence-corrected chi connectivity index (χ4v) is 2.96. The number of carboxylic acids is 1. The fourth-order valence-electron chi connectivity index (χ4n) is 2.96. The van der Waals surface area contributed by atoms with Gasteiger partial charge in [-0.2, -0.15) is 0 Å². The minimum Gasteiger partial charge on any atom is -0.496 e. The standard InChI is InChI=1S/C17H26N2O3/c1-4-19(11-17(20)21)15-8-14(9-15)18-10-13-6-5-12(2)16(7-13)22-3/h5-7,14-15,18H,4,8-11H2,1-3H3,(H,20,21). The summed E-state index contributed by atoms with van der Waals surface area (Å²) in [6.45, 7) is 5.80. The van der Waals surface area contributed by atoms with E-state index in [1.165, 1.54) is 5.56 Å². The van der Waals surface area contributed by atoms with Crippen molar-refractivity contribution in [1.82, 2.24) is 10.2 Å². The van der Waals surface area contributed by atoms with Gasteiger partial charge in [0, 0.05) is 18.6 Å². The van der Waals surface area contributed by atoms with Gasteiger partial charge in [0.2, 0.25) is 0 Å². The number of nitrogens with one attached hydrogen (secondary N) is 1. The molecule has 0 spiro atoms. The van der Waals surface area contributed by atoms with E-state index in [0.717, 1.165) is 37.2 Å². The molecule has 0 atom stereocenters. The zero-order valence-corrected chi connectivity index (χ0v) is 13.6. The number of methoxy groups -OCH3 is 1. The van der Waals surface area contributed by atoms with E-state index in [0.29, 0.717) is 12.1 Å². The van der Waals surface area contributed by atoms with Crippen LogP contribution in [0, 0.1) is 6.92 Å². The second kappa shape index (κ2) is 7.61. The molecule has 0 aliphatic heterocycles. The number of aryl methyl sites for hydroxylation is 1. The first-order valence-corrected chi connectivity index (χ1v) is 7.86. The van der Waals surface area contributed by atoms with Crippen molar-refractivity contribution in [3.63, 3.8) is 0 Å². The quantitative estimate of drug-likeness (QED) is 0.769. The third kappa shape index (κ3) is 4.21. The van der Waals surface area contributed by atoms with E-state index in [1.54, 1.807) is 7.11 Å². The number of hydrogen-bond donors (Lipinski definition) is 2. The van der Waals surface area contributed by atoms with Crippen LogP contribution in [0.15, 0.2) is 18.2 Å². The molecule has 0 unspecified atom stereocenters. The van der Waals surface area contributed by atoms with Gasteiger partial charge in [0.25, 0.3) is 0 Å². The van der Waals surface area contributed by atoms with Gasteiger partial charge >= 0.3 is 5.97 Å². The number of rotatable bonds is 8. The number of hydrogen-bond acceptors (Lipinski definition) is 4. The van der Waals surface area contributed by atoms with Crippen molar-refractivity contribution in [3.05, 3.63) is 29.3 Å². The summed E-state index contributed by atoms with van der Waals surface area (Å²) in [5.74, 6) is 0.175. The smallest absolute Gasteiger partial charge is 0.317 e. The van der Waals surface area contributed by atoms with Crippen molar-refractivity contribution < 1.29 is 14.6 Å². The first-order valence-electron chi connectivity index (χ1n) is 7.86. The second-order valence-electron chi connectivity index (χ2n) is 5.96. The summed E-state index contributed by atoms with van der Waals surface area (Å²) in [5, 5.41) is 12.4. The van der Waals surface area contributed by atoms with Crippen LogP contribution in [-0.4, -0.2) is 48.3 Å². The van der Waals surface area contributed by atoms with Crippen LogP contribution < -0.4 is 10.1 Å². The molecule has 1 aliphatic carbocycles. The van der Waals surface area contributed by atoms with Gasteiger partial charge in [-0.3, -0.25) is 9.69 Å². The maximum absolute atomic E-state index is 10.8. The first kappa shape index (κ1) is 16.8. The number of aliphatic carboxylic acids is 1. The molecular weight excluding hydrogens is 280 g/mol. The van der Waals surface area contributed by atoms with Crippen molar-refractivity contribution in [2.75, 3.05) is 20.2 Å². The number of nitrogens with zero attached hydrogens (tertiary/aromatic N) is 1. The lowest BCUT2D eigenvalue weighted by Crippen LogP contribution is -2.53. The summed E-state index contributed by atoms with van der Waals surface area (Å²) >= 11 is 0. The summed E-state index contributed by atoms with van der Waals surface area (Å²) < 4.78 is 5.34. The summed E-state index contributed by atoms with van der Waals surface area (Å²) in [6, 6.07) is 7.13. The topological polar surface area (TPSA) is 61.8 Å². The summed E-state index contributed by atoms with van der Waals surface area (Å²) in [7, 11) is 1.69. The van der Waals surface area contributed by atoms with Gasteiger partial charge in [0.1, 0.15) is 5.75 Å². The molecule has 122 valence electrons. The van der Waals surface area contributed by atoms with Crippen LogP contribution in [0.5, 0.6) is 5.75 Å². The molecule has 1 fully saturated rings. The molecule has 5 nitrogen and oxygen atoms in total. The van der Waals surface area contributed by atoms with Gasteiger partial charge in [0.05, 0.1) is 13.7 Å². The average molecular weight is 306 g/mol. The highest BCUT2D eigenvalue weighted by atomic mass is 16.5. The van der Waals surface area contributed by atoms with Gasteiger partial charge < -0.3 is 15.2 Å². The molecule has 22 heavy (non-hydrogen) atoms. The Kier molecular flexibility index (Phi) is 5.80. The van der Waals surface area contributed by atoms with Crippen LogP contribution in [0.4, 0.5) is 0 Å². The Balaban J connectivity index is 1.77. The Labute approximate surface area is 132 Å². The lowest BCUT2D eigenvalue weighted by molar-refractivity contribution is -0.139. The minimum atomic E-state index is -0.745. The largest absolute Gasteiger partial charge is 0.496 e. The molecule has 0 amide bonds. The van der Waals surface area contributed by atoms with Crippen molar-refractivity contribution >= 4 is 5.97 Å². The second-order valence-corrected chi connectivity index (χ2v) is 5.96. The van der Waals surface area contributed by atoms with E-state index < -0.39 is 5.97 Å². The molecule has 1 aliphatic rings. The molecule has 5 heteroatoms. The third-order valence-corrected chi connectivity index (χ3v) is 4.44. The Bertz CT molecular complexity index is 513. The molecule has 2 rings (SSSR count). The maximum Gasteiger partial charge on any atom is 0.317 e. The molecule has 0 saturated heterocycles. The fraction of sp³-hybridized carbons (Fsp3) is 0.588. The number of carbonyl (C=O) groups is 1. The molecule has 1 saturated carbocycles. The van der Waals surface area contributed by atoms with Crippen LogP contribution in [-0.2, 0) is 11.3 Å². The first-order chi connectivity index (χ1) is 10.5. The zero-order valence-electron chi connectivity index (χ0n) is 13.6. The van der Waals surface area contributed by atoms with E-state index in [-0.39, 0.29) is 6.54 Å². The lowest BCUT2D eigenvalue weighted by Gasteiger charge is -2.42. The van der Waals surface area contributed by atoms with E-state index in [1.807, 2.05) is 18.7 Å². The number of carboxylic acid groups (broad SMARTS) is 1. The van der Waals surface area contributed by atoms with Crippen molar-refractivity contribution in [2.24, 2.45) is 0 Å². The van der Waals surface area contributed by atoms with Crippen LogP contribution in [0.3, 0.4) is 0 Å². The van der Waals surface area contributed by atoms with Crippen molar-refractivity contribution in [1.29, 1.82) is 0 Å². The van der Waals surface area contributed by atoms with Crippen LogP contribution in [0.25, 0.3) is 0 Å². The highest BCUT2D eigenvalue weighted by Gasteiger charge is 2.33. The maximum atomic E-state index is 10.8. The molecule has 0 bridgehead atoms. The molecule has 2 N–H and O–H groups in total. The Hall–Kier alpha value is -1.59. The van der Waals surface area contributed by atoms with Gasteiger partial charge in [-0.25, -0.2) is 0 Å². The van der Waals surface area contributed by atoms with E-state index >= 15 is 0 Å². The normalized spacial score (nSPS) is 20.7. The van der Waals surface area contributed by atoms with Crippen LogP contribution in [0.1, 0.15) is 30.9 Å². The highest BCUT2D eigenvalue weighted by molar-refractivity contribution is 5.69. The lowest BCUT2D eigenvalue weighted by atomic mass is 9.85. The number of ether oxygens (including phenoxy) is 1. The van der Waals surface area contributed by atoms with Crippen molar-refractivity contribution in [2.45, 2.75) is 45.3 Å². The minimum absolute atomic E-state index is 0.142. The summed E-state index contributed by atoms with van der Waals surface area (Å²) in [5.41, 5.74) is 2.35. The van der Waals surface area contributed by atoms with Crippen LogP contribution >= 0.6 is 0 Å². The third-order valence-electron chi connectivity index (χ3n) is 4.44. The average Bonchev–Trinajstić information content (AvgIpc) is 2.45. The highest BCUT2D eigenvalue weighted by Crippen LogP contribution is 2.26. The molecule has 0 heterocycles. The number of likely N-dealkylation sites (N-methyl/N-ethyl adjacent to an activating group) is 1. The predicted octanol–water partition coefficient (Wildman–Crippen LogP) is 2.03. The van der Waals surface area contributed by atoms with Gasteiger partial charge in [-0.15, -0.1) is 0 Å².